The minimum absolute atomic E-state index is 0.0416. The van der Waals surface area contributed by atoms with Crippen LogP contribution in [0, 0.1) is 0 Å². The molecule has 0 unspecified atom stereocenters. The minimum atomic E-state index is -3.72. The van der Waals surface area contributed by atoms with Crippen LogP contribution in [0.1, 0.15) is 15.2 Å². The summed E-state index contributed by atoms with van der Waals surface area (Å²) in [5.41, 5.74) is 0.483. The van der Waals surface area contributed by atoms with E-state index in [9.17, 15) is 13.2 Å². The van der Waals surface area contributed by atoms with E-state index in [1.807, 2.05) is 0 Å². The van der Waals surface area contributed by atoms with Crippen LogP contribution in [0.2, 0.25) is 5.02 Å². The van der Waals surface area contributed by atoms with Gasteiger partial charge < -0.3 is 5.32 Å². The molecule has 4 nitrogen and oxygen atoms in total. The summed E-state index contributed by atoms with van der Waals surface area (Å²) < 4.78 is 22.2. The number of thiophene rings is 1. The van der Waals surface area contributed by atoms with Crippen molar-refractivity contribution in [2.24, 2.45) is 0 Å². The molecule has 1 aromatic carbocycles. The highest BCUT2D eigenvalue weighted by molar-refractivity contribution is 8.13. The number of halogens is 2. The molecule has 0 saturated heterocycles. The summed E-state index contributed by atoms with van der Waals surface area (Å²) in [6.45, 7) is 0.235. The fourth-order valence-electron chi connectivity index (χ4n) is 1.45. The summed E-state index contributed by atoms with van der Waals surface area (Å²) in [6.07, 6.45) is 0. The van der Waals surface area contributed by atoms with Crippen molar-refractivity contribution >= 4 is 48.6 Å². The van der Waals surface area contributed by atoms with Gasteiger partial charge in [0.05, 0.1) is 11.4 Å². The Morgan fingerprint density at radius 3 is 2.45 bits per heavy atom. The highest BCUT2D eigenvalue weighted by Gasteiger charge is 2.13. The number of hydrogen-bond acceptors (Lipinski definition) is 4. The van der Waals surface area contributed by atoms with Crippen LogP contribution in [-0.4, -0.2) is 14.3 Å². The summed E-state index contributed by atoms with van der Waals surface area (Å²) in [7, 11) is 1.50. The smallest absolute Gasteiger partial charge is 0.262 e. The largest absolute Gasteiger partial charge is 0.347 e. The molecule has 1 heterocycles. The maximum absolute atomic E-state index is 11.8. The molecule has 0 fully saturated rings. The second kappa shape index (κ2) is 6.13. The number of carbonyl (C=O) groups is 1. The third-order valence-electron chi connectivity index (χ3n) is 2.44. The van der Waals surface area contributed by atoms with E-state index in [0.717, 1.165) is 0 Å². The summed E-state index contributed by atoms with van der Waals surface area (Å²) in [5.74, 6) is -0.259. The average Bonchev–Trinajstić information content (AvgIpc) is 2.85. The van der Waals surface area contributed by atoms with Crippen molar-refractivity contribution in [2.75, 3.05) is 0 Å². The van der Waals surface area contributed by atoms with Crippen LogP contribution < -0.4 is 5.32 Å². The predicted molar refractivity (Wildman–Crippen MR) is 80.0 cm³/mol. The molecular weight excluding hydrogens is 341 g/mol. The van der Waals surface area contributed by atoms with Crippen molar-refractivity contribution in [1.82, 2.24) is 5.32 Å². The zero-order valence-electron chi connectivity index (χ0n) is 9.97. The van der Waals surface area contributed by atoms with E-state index >= 15 is 0 Å². The zero-order valence-corrected chi connectivity index (χ0v) is 13.1. The number of rotatable bonds is 4. The standard InChI is InChI=1S/C12H9Cl2NO3S2/c13-9-3-1-8(2-4-9)12(16)15-6-10-5-11(7-19-10)20(14,17)18/h1-5,7H,6H2,(H,15,16). The Bertz CT molecular complexity index is 723. The monoisotopic (exact) mass is 349 g/mol. The molecule has 1 N–H and O–H groups in total. The molecule has 106 valence electrons. The van der Waals surface area contributed by atoms with Gasteiger partial charge in [-0.2, -0.15) is 0 Å². The van der Waals surface area contributed by atoms with Crippen molar-refractivity contribution in [3.05, 3.63) is 51.2 Å². The highest BCUT2D eigenvalue weighted by Crippen LogP contribution is 2.22. The van der Waals surface area contributed by atoms with Gasteiger partial charge in [-0.15, -0.1) is 11.3 Å². The maximum atomic E-state index is 11.8. The zero-order chi connectivity index (χ0) is 14.8. The van der Waals surface area contributed by atoms with Gasteiger partial charge in [0.2, 0.25) is 0 Å². The van der Waals surface area contributed by atoms with Crippen molar-refractivity contribution in [3.63, 3.8) is 0 Å². The van der Waals surface area contributed by atoms with E-state index in [0.29, 0.717) is 15.5 Å². The van der Waals surface area contributed by atoms with Crippen LogP contribution in [0.25, 0.3) is 0 Å². The van der Waals surface area contributed by atoms with Gasteiger partial charge in [0.15, 0.2) is 0 Å². The van der Waals surface area contributed by atoms with Gasteiger partial charge in [-0.3, -0.25) is 4.79 Å². The van der Waals surface area contributed by atoms with Crippen LogP contribution >= 0.6 is 33.6 Å². The molecule has 0 atom stereocenters. The fourth-order valence-corrected chi connectivity index (χ4v) is 3.69. The molecule has 1 aromatic heterocycles. The molecule has 0 bridgehead atoms. The summed E-state index contributed by atoms with van der Waals surface area (Å²) in [5, 5.41) is 4.68. The van der Waals surface area contributed by atoms with Crippen molar-refractivity contribution < 1.29 is 13.2 Å². The Kier molecular flexibility index (Phi) is 4.70. The van der Waals surface area contributed by atoms with Crippen LogP contribution in [0.3, 0.4) is 0 Å². The first-order valence-electron chi connectivity index (χ1n) is 5.42. The number of nitrogens with one attached hydrogen (secondary N) is 1. The predicted octanol–water partition coefficient (Wildman–Crippen LogP) is 3.26. The Morgan fingerprint density at radius 1 is 1.25 bits per heavy atom. The van der Waals surface area contributed by atoms with Crippen LogP contribution in [0.5, 0.6) is 0 Å². The molecule has 2 aromatic rings. The molecule has 0 saturated carbocycles. The molecular formula is C12H9Cl2NO3S2. The molecule has 0 aliphatic heterocycles. The van der Waals surface area contributed by atoms with E-state index in [1.165, 1.54) is 22.8 Å². The van der Waals surface area contributed by atoms with Gasteiger partial charge in [0.1, 0.15) is 0 Å². The topological polar surface area (TPSA) is 63.2 Å². The number of benzene rings is 1. The van der Waals surface area contributed by atoms with Gasteiger partial charge in [0, 0.05) is 31.5 Å². The second-order valence-corrected chi connectivity index (χ2v) is 7.87. The normalized spacial score (nSPS) is 11.3. The molecule has 0 aliphatic rings. The third-order valence-corrected chi connectivity index (χ3v) is 5.11. The lowest BCUT2D eigenvalue weighted by Gasteiger charge is -2.03. The van der Waals surface area contributed by atoms with Gasteiger partial charge >= 0.3 is 0 Å². The molecule has 1 amide bonds. The van der Waals surface area contributed by atoms with Crippen molar-refractivity contribution in [2.45, 2.75) is 11.4 Å². The third kappa shape index (κ3) is 3.96. The van der Waals surface area contributed by atoms with Crippen LogP contribution in [-0.2, 0) is 15.6 Å². The number of hydrogen-bond donors (Lipinski definition) is 1. The molecule has 0 aliphatic carbocycles. The maximum Gasteiger partial charge on any atom is 0.262 e. The average molecular weight is 350 g/mol. The first-order chi connectivity index (χ1) is 9.36. The van der Waals surface area contributed by atoms with Gasteiger partial charge in [-0.1, -0.05) is 11.6 Å². The number of carbonyl (C=O) groups excluding carboxylic acids is 1. The van der Waals surface area contributed by atoms with Crippen LogP contribution in [0.4, 0.5) is 0 Å². The lowest BCUT2D eigenvalue weighted by Crippen LogP contribution is -2.22. The molecule has 0 spiro atoms. The summed E-state index contributed by atoms with van der Waals surface area (Å²) in [4.78, 5) is 12.6. The quantitative estimate of drug-likeness (QED) is 0.861. The Labute approximate surface area is 129 Å². The van der Waals surface area contributed by atoms with Gasteiger partial charge in [-0.25, -0.2) is 8.42 Å². The van der Waals surface area contributed by atoms with Crippen molar-refractivity contribution in [3.8, 4) is 0 Å². The van der Waals surface area contributed by atoms with E-state index in [2.05, 4.69) is 5.32 Å². The lowest BCUT2D eigenvalue weighted by molar-refractivity contribution is 0.0951. The first-order valence-corrected chi connectivity index (χ1v) is 8.99. The summed E-state index contributed by atoms with van der Waals surface area (Å²) >= 11 is 6.95. The molecule has 2 rings (SSSR count). The molecule has 20 heavy (non-hydrogen) atoms. The summed E-state index contributed by atoms with van der Waals surface area (Å²) in [6, 6.07) is 7.91. The Morgan fingerprint density at radius 2 is 1.90 bits per heavy atom. The fraction of sp³-hybridized carbons (Fsp3) is 0.0833. The van der Waals surface area contributed by atoms with E-state index in [4.69, 9.17) is 22.3 Å². The van der Waals surface area contributed by atoms with Crippen LogP contribution in [0.15, 0.2) is 40.6 Å². The Balaban J connectivity index is 2.00. The number of amides is 1. The van der Waals surface area contributed by atoms with E-state index in [-0.39, 0.29) is 17.3 Å². The Hall–Kier alpha value is -1.08. The van der Waals surface area contributed by atoms with Gasteiger partial charge in [-0.05, 0) is 30.3 Å². The molecule has 8 heteroatoms. The van der Waals surface area contributed by atoms with Crippen molar-refractivity contribution in [1.29, 1.82) is 0 Å². The van der Waals surface area contributed by atoms with E-state index in [1.54, 1.807) is 24.3 Å². The SMILES string of the molecule is O=C(NCc1cc(S(=O)(=O)Cl)cs1)c1ccc(Cl)cc1. The van der Waals surface area contributed by atoms with E-state index < -0.39 is 9.05 Å². The minimum Gasteiger partial charge on any atom is -0.347 e. The first kappa shape index (κ1) is 15.3. The van der Waals surface area contributed by atoms with Gasteiger partial charge in [0.25, 0.3) is 15.0 Å². The lowest BCUT2D eigenvalue weighted by atomic mass is 10.2. The second-order valence-electron chi connectivity index (χ2n) is 3.88. The molecule has 0 radical (unpaired) electrons. The highest BCUT2D eigenvalue weighted by atomic mass is 35.7.